The van der Waals surface area contributed by atoms with Crippen molar-refractivity contribution in [3.63, 3.8) is 0 Å². The summed E-state index contributed by atoms with van der Waals surface area (Å²) < 4.78 is 11.8. The van der Waals surface area contributed by atoms with Gasteiger partial charge in [0.15, 0.2) is 0 Å². The Hall–Kier alpha value is -4.05. The number of carbonyl (C=O) groups is 2. The van der Waals surface area contributed by atoms with E-state index in [4.69, 9.17) is 15.2 Å². The fourth-order valence-corrected chi connectivity index (χ4v) is 4.73. The highest BCUT2D eigenvalue weighted by Gasteiger charge is 2.39. The Kier molecular flexibility index (Phi) is 5.69. The predicted molar refractivity (Wildman–Crippen MR) is 117 cm³/mol. The Balaban J connectivity index is 2.14. The number of nitrogens with two attached hydrogens (primary N) is 1. The average Bonchev–Trinajstić information content (AvgIpc) is 3.15. The van der Waals surface area contributed by atoms with Gasteiger partial charge in [-0.3, -0.25) is 19.3 Å². The van der Waals surface area contributed by atoms with Crippen LogP contribution >= 0.6 is 11.3 Å². The summed E-state index contributed by atoms with van der Waals surface area (Å²) in [5, 5.41) is 0. The molecule has 9 nitrogen and oxygen atoms in total. The van der Waals surface area contributed by atoms with Gasteiger partial charge in [0.25, 0.3) is 5.56 Å². The van der Waals surface area contributed by atoms with E-state index in [-0.39, 0.29) is 21.6 Å². The van der Waals surface area contributed by atoms with Gasteiger partial charge in [-0.2, -0.15) is 0 Å². The molecular formula is C22H18N4O5S. The van der Waals surface area contributed by atoms with E-state index in [2.05, 4.69) is 9.97 Å². The van der Waals surface area contributed by atoms with Crippen molar-refractivity contribution in [2.45, 2.75) is 5.92 Å². The van der Waals surface area contributed by atoms with Crippen molar-refractivity contribution in [2.75, 3.05) is 14.2 Å². The summed E-state index contributed by atoms with van der Waals surface area (Å²) in [4.78, 5) is 46.9. The molecule has 10 heteroatoms. The van der Waals surface area contributed by atoms with Gasteiger partial charge in [-0.25, -0.2) is 9.59 Å². The highest BCUT2D eigenvalue weighted by molar-refractivity contribution is 7.07. The Labute approximate surface area is 185 Å². The summed E-state index contributed by atoms with van der Waals surface area (Å²) in [7, 11) is 2.44. The standard InChI is InChI=1S/C22H18N4O5S/c1-30-21(28)16-15(13-5-9-25-10-6-13)17(22(29)31-2)20-26(18(16)23)19(27)14(32-20)11-12-3-7-24-8-4-12/h3-11,15H,23H2,1-2H3/b14-11+/t15-/m1/s1. The molecule has 32 heavy (non-hydrogen) atoms. The Morgan fingerprint density at radius 3 is 2.16 bits per heavy atom. The first-order valence-corrected chi connectivity index (χ1v) is 10.2. The zero-order valence-corrected chi connectivity index (χ0v) is 18.0. The molecule has 0 amide bonds. The van der Waals surface area contributed by atoms with Crippen LogP contribution in [0.4, 0.5) is 0 Å². The number of nitrogens with zero attached hydrogens (tertiary/aromatic N) is 3. The van der Waals surface area contributed by atoms with Crippen LogP contribution < -0.4 is 20.5 Å². The van der Waals surface area contributed by atoms with E-state index in [0.29, 0.717) is 10.1 Å². The third kappa shape index (κ3) is 3.50. The monoisotopic (exact) mass is 450 g/mol. The second kappa shape index (κ2) is 8.60. The first-order valence-electron chi connectivity index (χ1n) is 9.42. The summed E-state index contributed by atoms with van der Waals surface area (Å²) in [5.74, 6) is -2.44. The van der Waals surface area contributed by atoms with Crippen molar-refractivity contribution in [2.24, 2.45) is 5.73 Å². The number of ether oxygens (including phenoxy) is 2. The summed E-state index contributed by atoms with van der Waals surface area (Å²) in [6.45, 7) is 0. The zero-order chi connectivity index (χ0) is 22.8. The maximum atomic E-state index is 13.3. The number of hydrogen-bond acceptors (Lipinski definition) is 9. The van der Waals surface area contributed by atoms with Crippen LogP contribution in [-0.4, -0.2) is 40.7 Å². The summed E-state index contributed by atoms with van der Waals surface area (Å²) in [5.41, 5.74) is 7.30. The maximum Gasteiger partial charge on any atom is 0.338 e. The lowest BCUT2D eigenvalue weighted by Gasteiger charge is -2.26. The molecule has 0 fully saturated rings. The molecule has 0 spiro atoms. The average molecular weight is 450 g/mol. The summed E-state index contributed by atoms with van der Waals surface area (Å²) in [6, 6.07) is 6.81. The van der Waals surface area contributed by atoms with E-state index in [9.17, 15) is 14.4 Å². The minimum Gasteiger partial charge on any atom is -0.466 e. The van der Waals surface area contributed by atoms with Gasteiger partial charge >= 0.3 is 11.9 Å². The number of pyridine rings is 2. The third-order valence-electron chi connectivity index (χ3n) is 5.00. The number of hydrogen-bond donors (Lipinski definition) is 1. The van der Waals surface area contributed by atoms with E-state index < -0.39 is 23.4 Å². The molecular weight excluding hydrogens is 432 g/mol. The van der Waals surface area contributed by atoms with Crippen LogP contribution in [0.2, 0.25) is 0 Å². The molecule has 3 aromatic rings. The Morgan fingerprint density at radius 1 is 1.00 bits per heavy atom. The SMILES string of the molecule is COC(=O)C1=C(N)n2c(s/c(=C/c3ccncc3)c2=O)=C(C(=O)OC)[C@@H]1c1ccncc1. The number of fused-ring (bicyclic) bond motifs is 1. The number of aromatic nitrogens is 3. The third-order valence-corrected chi connectivity index (χ3v) is 6.11. The highest BCUT2D eigenvalue weighted by atomic mass is 32.1. The lowest BCUT2D eigenvalue weighted by molar-refractivity contribution is -0.136. The van der Waals surface area contributed by atoms with E-state index in [1.807, 2.05) is 0 Å². The molecule has 0 bridgehead atoms. The fraction of sp³-hybridized carbons (Fsp3) is 0.136. The minimum atomic E-state index is -0.898. The van der Waals surface area contributed by atoms with E-state index in [1.165, 1.54) is 26.6 Å². The van der Waals surface area contributed by atoms with Gasteiger partial charge in [0.05, 0.1) is 35.8 Å². The van der Waals surface area contributed by atoms with Crippen molar-refractivity contribution in [3.8, 4) is 0 Å². The molecule has 0 radical (unpaired) electrons. The van der Waals surface area contributed by atoms with Gasteiger partial charge in [0, 0.05) is 24.8 Å². The van der Waals surface area contributed by atoms with Gasteiger partial charge in [0.2, 0.25) is 0 Å². The van der Waals surface area contributed by atoms with Crippen LogP contribution in [0.3, 0.4) is 0 Å². The maximum absolute atomic E-state index is 13.3. The smallest absolute Gasteiger partial charge is 0.338 e. The number of rotatable bonds is 4. The fourth-order valence-electron chi connectivity index (χ4n) is 3.57. The summed E-state index contributed by atoms with van der Waals surface area (Å²) in [6.07, 6.45) is 7.95. The first-order chi connectivity index (χ1) is 15.5. The van der Waals surface area contributed by atoms with Gasteiger partial charge in [-0.1, -0.05) is 0 Å². The van der Waals surface area contributed by atoms with Crippen LogP contribution in [0.1, 0.15) is 17.0 Å². The second-order valence-electron chi connectivity index (χ2n) is 6.75. The molecule has 0 unspecified atom stereocenters. The van der Waals surface area contributed by atoms with Crippen LogP contribution in [0.15, 0.2) is 59.4 Å². The Morgan fingerprint density at radius 2 is 1.56 bits per heavy atom. The molecule has 0 aliphatic carbocycles. The van der Waals surface area contributed by atoms with Crippen molar-refractivity contribution in [1.29, 1.82) is 0 Å². The Bertz CT molecular complexity index is 1410. The second-order valence-corrected chi connectivity index (χ2v) is 7.78. The highest BCUT2D eigenvalue weighted by Crippen LogP contribution is 2.37. The van der Waals surface area contributed by atoms with Gasteiger partial charge < -0.3 is 15.2 Å². The molecule has 1 aliphatic heterocycles. The van der Waals surface area contributed by atoms with Crippen molar-refractivity contribution >= 4 is 40.7 Å². The van der Waals surface area contributed by atoms with Gasteiger partial charge in [0.1, 0.15) is 10.5 Å². The number of thiazole rings is 1. The van der Waals surface area contributed by atoms with Crippen molar-refractivity contribution in [1.82, 2.24) is 14.5 Å². The van der Waals surface area contributed by atoms with Gasteiger partial charge in [-0.15, -0.1) is 11.3 Å². The van der Waals surface area contributed by atoms with E-state index >= 15 is 0 Å². The lowest BCUT2D eigenvalue weighted by atomic mass is 9.83. The van der Waals surface area contributed by atoms with Crippen LogP contribution in [-0.2, 0) is 19.1 Å². The molecule has 4 heterocycles. The first kappa shape index (κ1) is 21.2. The molecule has 2 N–H and O–H groups in total. The molecule has 3 aromatic heterocycles. The topological polar surface area (TPSA) is 126 Å². The minimum absolute atomic E-state index is 0.0260. The molecule has 0 saturated heterocycles. The molecule has 0 saturated carbocycles. The normalized spacial score (nSPS) is 16.0. The molecule has 1 aliphatic rings. The lowest BCUT2D eigenvalue weighted by Crippen LogP contribution is -2.41. The number of esters is 2. The quantitative estimate of drug-likeness (QED) is 0.549. The number of carbonyl (C=O) groups excluding carboxylic acids is 2. The largest absolute Gasteiger partial charge is 0.466 e. The van der Waals surface area contributed by atoms with Crippen LogP contribution in [0.5, 0.6) is 0 Å². The summed E-state index contributed by atoms with van der Waals surface area (Å²) >= 11 is 1.09. The van der Waals surface area contributed by atoms with E-state index in [0.717, 1.165) is 21.5 Å². The van der Waals surface area contributed by atoms with Crippen molar-refractivity contribution in [3.05, 3.63) is 85.3 Å². The zero-order valence-electron chi connectivity index (χ0n) is 17.1. The van der Waals surface area contributed by atoms with Crippen molar-refractivity contribution < 1.29 is 19.1 Å². The molecule has 1 atom stereocenters. The van der Waals surface area contributed by atoms with Crippen LogP contribution in [0, 0.1) is 0 Å². The molecule has 0 aromatic carbocycles. The molecule has 4 rings (SSSR count). The van der Waals surface area contributed by atoms with Gasteiger partial charge in [-0.05, 0) is 41.5 Å². The number of methoxy groups -OCH3 is 2. The van der Waals surface area contributed by atoms with E-state index in [1.54, 1.807) is 42.7 Å². The molecule has 162 valence electrons. The predicted octanol–water partition coefficient (Wildman–Crippen LogP) is -0.0500. The van der Waals surface area contributed by atoms with Crippen LogP contribution in [0.25, 0.3) is 17.5 Å².